The van der Waals surface area contributed by atoms with E-state index in [2.05, 4.69) is 5.10 Å². The van der Waals surface area contributed by atoms with Crippen molar-refractivity contribution in [1.82, 2.24) is 9.78 Å². The molecule has 6 heteroatoms. The highest BCUT2D eigenvalue weighted by Gasteiger charge is 2.23. The van der Waals surface area contributed by atoms with Gasteiger partial charge in [-0.25, -0.2) is 4.79 Å². The number of hydrogen-bond donors (Lipinski definition) is 1. The summed E-state index contributed by atoms with van der Waals surface area (Å²) in [5, 5.41) is 13.6. The predicted molar refractivity (Wildman–Crippen MR) is 79.3 cm³/mol. The lowest BCUT2D eigenvalue weighted by Crippen LogP contribution is -2.26. The number of benzene rings is 1. The first kappa shape index (κ1) is 14.6. The molecule has 0 aliphatic carbocycles. The van der Waals surface area contributed by atoms with Gasteiger partial charge in [-0.1, -0.05) is 18.2 Å². The molecular weight excluding hydrogens is 284 g/mol. The minimum Gasteiger partial charge on any atom is -0.476 e. The number of carboxylic acid groups (broad SMARTS) is 1. The number of hydrogen-bond acceptors (Lipinski definition) is 4. The zero-order chi connectivity index (χ0) is 15.4. The Balaban J connectivity index is 1.80. The maximum Gasteiger partial charge on any atom is 0.358 e. The van der Waals surface area contributed by atoms with E-state index in [0.717, 1.165) is 25.9 Å². The number of para-hydroxylation sites is 1. The molecule has 6 nitrogen and oxygen atoms in total. The number of aromatic carboxylic acids is 1. The molecule has 0 radical (unpaired) electrons. The molecule has 1 aromatic heterocycles. The van der Waals surface area contributed by atoms with Crippen LogP contribution >= 0.6 is 0 Å². The number of ether oxygens (including phenoxy) is 2. The summed E-state index contributed by atoms with van der Waals surface area (Å²) in [4.78, 5) is 11.6. The zero-order valence-corrected chi connectivity index (χ0v) is 12.1. The molecule has 1 fully saturated rings. The number of aromatic nitrogens is 2. The summed E-state index contributed by atoms with van der Waals surface area (Å²) in [6.45, 7) is 1.15. The zero-order valence-electron chi connectivity index (χ0n) is 12.1. The molecule has 0 saturated carbocycles. The van der Waals surface area contributed by atoms with Gasteiger partial charge in [0.05, 0.1) is 18.8 Å². The molecule has 116 valence electrons. The largest absolute Gasteiger partial charge is 0.476 e. The minimum absolute atomic E-state index is 0.0105. The molecule has 2 heterocycles. The quantitative estimate of drug-likeness (QED) is 0.919. The van der Waals surface area contributed by atoms with Crippen LogP contribution in [0.25, 0.3) is 0 Å². The lowest BCUT2D eigenvalue weighted by atomic mass is 10.1. The highest BCUT2D eigenvalue weighted by molar-refractivity contribution is 5.88. The van der Waals surface area contributed by atoms with Gasteiger partial charge in [0.1, 0.15) is 5.75 Å². The first-order valence-corrected chi connectivity index (χ1v) is 7.37. The van der Waals surface area contributed by atoms with Crippen LogP contribution in [0.15, 0.2) is 36.5 Å². The maximum atomic E-state index is 11.6. The van der Waals surface area contributed by atoms with Gasteiger partial charge in [-0.3, -0.25) is 4.68 Å². The van der Waals surface area contributed by atoms with Crippen LogP contribution in [0.5, 0.6) is 11.5 Å². The molecule has 22 heavy (non-hydrogen) atoms. The number of carbonyl (C=O) groups is 1. The van der Waals surface area contributed by atoms with Gasteiger partial charge in [-0.05, 0) is 31.4 Å². The fourth-order valence-electron chi connectivity index (χ4n) is 2.56. The van der Waals surface area contributed by atoms with Crippen LogP contribution < -0.4 is 4.74 Å². The summed E-state index contributed by atoms with van der Waals surface area (Å²) in [6.07, 6.45) is 4.54. The molecule has 1 unspecified atom stereocenters. The van der Waals surface area contributed by atoms with E-state index in [4.69, 9.17) is 9.47 Å². The van der Waals surface area contributed by atoms with E-state index in [-0.39, 0.29) is 17.5 Å². The average Bonchev–Trinajstić information content (AvgIpc) is 2.92. The highest BCUT2D eigenvalue weighted by Crippen LogP contribution is 2.26. The molecule has 1 aliphatic heterocycles. The summed E-state index contributed by atoms with van der Waals surface area (Å²) in [5.74, 6) is -0.229. The Labute approximate surface area is 128 Å². The van der Waals surface area contributed by atoms with Crippen LogP contribution in [0.2, 0.25) is 0 Å². The van der Waals surface area contributed by atoms with E-state index in [0.29, 0.717) is 12.3 Å². The summed E-state index contributed by atoms with van der Waals surface area (Å²) < 4.78 is 12.7. The molecule has 1 atom stereocenters. The van der Waals surface area contributed by atoms with E-state index < -0.39 is 5.97 Å². The third-order valence-corrected chi connectivity index (χ3v) is 3.63. The molecule has 1 aromatic carbocycles. The van der Waals surface area contributed by atoms with Crippen LogP contribution in [0.3, 0.4) is 0 Å². The van der Waals surface area contributed by atoms with Gasteiger partial charge in [0.15, 0.2) is 11.4 Å². The van der Waals surface area contributed by atoms with Crippen molar-refractivity contribution in [3.63, 3.8) is 0 Å². The van der Waals surface area contributed by atoms with Crippen molar-refractivity contribution in [2.75, 3.05) is 6.61 Å². The molecule has 1 N–H and O–H groups in total. The van der Waals surface area contributed by atoms with Crippen molar-refractivity contribution in [2.45, 2.75) is 31.9 Å². The van der Waals surface area contributed by atoms with Crippen LogP contribution in [-0.4, -0.2) is 33.6 Å². The van der Waals surface area contributed by atoms with E-state index in [1.165, 1.54) is 10.9 Å². The molecule has 3 rings (SSSR count). The third-order valence-electron chi connectivity index (χ3n) is 3.63. The van der Waals surface area contributed by atoms with Crippen LogP contribution in [0.1, 0.15) is 29.8 Å². The number of rotatable bonds is 5. The van der Waals surface area contributed by atoms with E-state index in [1.54, 1.807) is 12.1 Å². The van der Waals surface area contributed by atoms with Crippen molar-refractivity contribution in [3.05, 3.63) is 42.2 Å². The molecule has 2 aromatic rings. The Morgan fingerprint density at radius 2 is 2.18 bits per heavy atom. The maximum absolute atomic E-state index is 11.6. The Hall–Kier alpha value is -2.34. The van der Waals surface area contributed by atoms with E-state index in [1.807, 2.05) is 18.2 Å². The molecular formula is C16H18N2O4. The van der Waals surface area contributed by atoms with Gasteiger partial charge < -0.3 is 14.6 Å². The van der Waals surface area contributed by atoms with Crippen molar-refractivity contribution in [2.24, 2.45) is 0 Å². The summed E-state index contributed by atoms with van der Waals surface area (Å²) >= 11 is 0. The molecule has 1 aliphatic rings. The Morgan fingerprint density at radius 3 is 2.86 bits per heavy atom. The molecule has 0 bridgehead atoms. The smallest absolute Gasteiger partial charge is 0.358 e. The van der Waals surface area contributed by atoms with Crippen molar-refractivity contribution < 1.29 is 19.4 Å². The second kappa shape index (κ2) is 6.62. The fraction of sp³-hybridized carbons (Fsp3) is 0.375. The van der Waals surface area contributed by atoms with Gasteiger partial charge in [-0.15, -0.1) is 0 Å². The van der Waals surface area contributed by atoms with E-state index in [9.17, 15) is 9.90 Å². The SMILES string of the molecule is O=C(O)c1c(Oc2ccccc2)cnn1CC1CCCCO1. The first-order chi connectivity index (χ1) is 10.7. The molecule has 1 saturated heterocycles. The highest BCUT2D eigenvalue weighted by atomic mass is 16.5. The van der Waals surface area contributed by atoms with Crippen LogP contribution in [0, 0.1) is 0 Å². The monoisotopic (exact) mass is 302 g/mol. The van der Waals surface area contributed by atoms with Crippen molar-refractivity contribution in [1.29, 1.82) is 0 Å². The standard InChI is InChI=1S/C16H18N2O4/c19-16(20)15-14(22-12-6-2-1-3-7-12)10-17-18(15)11-13-8-4-5-9-21-13/h1-3,6-7,10,13H,4-5,8-9,11H2,(H,19,20). The van der Waals surface area contributed by atoms with Crippen LogP contribution in [0.4, 0.5) is 0 Å². The van der Waals surface area contributed by atoms with Gasteiger partial charge in [0.2, 0.25) is 0 Å². The second-order valence-corrected chi connectivity index (χ2v) is 5.25. The average molecular weight is 302 g/mol. The molecule has 0 spiro atoms. The minimum atomic E-state index is -1.06. The molecule has 0 amide bonds. The summed E-state index contributed by atoms with van der Waals surface area (Å²) in [7, 11) is 0. The lowest BCUT2D eigenvalue weighted by molar-refractivity contribution is 0.00327. The Morgan fingerprint density at radius 1 is 1.36 bits per heavy atom. The fourth-order valence-corrected chi connectivity index (χ4v) is 2.56. The van der Waals surface area contributed by atoms with Gasteiger partial charge in [-0.2, -0.15) is 5.10 Å². The van der Waals surface area contributed by atoms with Crippen molar-refractivity contribution >= 4 is 5.97 Å². The van der Waals surface area contributed by atoms with Gasteiger partial charge in [0.25, 0.3) is 0 Å². The van der Waals surface area contributed by atoms with Crippen LogP contribution in [-0.2, 0) is 11.3 Å². The van der Waals surface area contributed by atoms with Crippen molar-refractivity contribution in [3.8, 4) is 11.5 Å². The lowest BCUT2D eigenvalue weighted by Gasteiger charge is -2.22. The number of nitrogens with zero attached hydrogens (tertiary/aromatic N) is 2. The first-order valence-electron chi connectivity index (χ1n) is 7.37. The van der Waals surface area contributed by atoms with Gasteiger partial charge in [0, 0.05) is 6.61 Å². The Kier molecular flexibility index (Phi) is 4.39. The third kappa shape index (κ3) is 3.28. The topological polar surface area (TPSA) is 73.6 Å². The summed E-state index contributed by atoms with van der Waals surface area (Å²) in [5.41, 5.74) is 0.0537. The Bertz CT molecular complexity index is 633. The van der Waals surface area contributed by atoms with Gasteiger partial charge >= 0.3 is 5.97 Å². The predicted octanol–water partition coefficient (Wildman–Crippen LogP) is 2.94. The second-order valence-electron chi connectivity index (χ2n) is 5.25. The van der Waals surface area contributed by atoms with E-state index >= 15 is 0 Å². The normalized spacial score (nSPS) is 18.1. The summed E-state index contributed by atoms with van der Waals surface area (Å²) in [6, 6.07) is 9.07. The number of carboxylic acids is 1.